The van der Waals surface area contributed by atoms with E-state index in [1.807, 2.05) is 42.5 Å². The topological polar surface area (TPSA) is 9.23 Å². The quantitative estimate of drug-likeness (QED) is 0.513. The van der Waals surface area contributed by atoms with Crippen LogP contribution in [0.25, 0.3) is 17.2 Å². The van der Waals surface area contributed by atoms with Gasteiger partial charge >= 0.3 is 0 Å². The van der Waals surface area contributed by atoms with Crippen LogP contribution < -0.4 is 4.74 Å². The van der Waals surface area contributed by atoms with Crippen molar-refractivity contribution in [1.29, 1.82) is 0 Å². The van der Waals surface area contributed by atoms with E-state index >= 15 is 0 Å². The third-order valence-corrected chi connectivity index (χ3v) is 4.18. The molecule has 0 aromatic heterocycles. The van der Waals surface area contributed by atoms with Crippen molar-refractivity contribution in [2.24, 2.45) is 0 Å². The molecule has 2 heteroatoms. The predicted molar refractivity (Wildman–Crippen MR) is 100 cm³/mol. The molecule has 3 aromatic carbocycles. The largest absolute Gasteiger partial charge is 0.489 e. The fraction of sp³-hybridized carbons (Fsp3) is 0.0476. The zero-order chi connectivity index (χ0) is 16.1. The SMILES string of the molecule is C=Cc1ccc(COc2ccc(-c3ccc(Br)cc3)cc2)cc1. The molecule has 0 N–H and O–H groups in total. The first kappa shape index (κ1) is 15.6. The van der Waals surface area contributed by atoms with E-state index in [9.17, 15) is 0 Å². The van der Waals surface area contributed by atoms with Gasteiger partial charge in [-0.2, -0.15) is 0 Å². The summed E-state index contributed by atoms with van der Waals surface area (Å²) in [6.45, 7) is 4.32. The lowest BCUT2D eigenvalue weighted by molar-refractivity contribution is 0.306. The Labute approximate surface area is 145 Å². The minimum atomic E-state index is 0.565. The van der Waals surface area contributed by atoms with Gasteiger partial charge in [0.15, 0.2) is 0 Å². The molecule has 3 aromatic rings. The highest BCUT2D eigenvalue weighted by atomic mass is 79.9. The maximum Gasteiger partial charge on any atom is 0.119 e. The lowest BCUT2D eigenvalue weighted by Gasteiger charge is -2.08. The molecular formula is C21H17BrO. The number of benzene rings is 3. The molecule has 0 amide bonds. The molecule has 0 spiro atoms. The van der Waals surface area contributed by atoms with Gasteiger partial charge in [-0.15, -0.1) is 0 Å². The minimum Gasteiger partial charge on any atom is -0.489 e. The van der Waals surface area contributed by atoms with Crippen LogP contribution in [0.3, 0.4) is 0 Å². The standard InChI is InChI=1S/C21H17BrO/c1-2-16-3-5-17(6-4-16)15-23-21-13-9-19(10-14-21)18-7-11-20(22)12-8-18/h2-14H,1,15H2. The summed E-state index contributed by atoms with van der Waals surface area (Å²) in [7, 11) is 0. The molecule has 0 unspecified atom stereocenters. The highest BCUT2D eigenvalue weighted by Gasteiger charge is 2.00. The summed E-state index contributed by atoms with van der Waals surface area (Å²) in [5.74, 6) is 0.874. The average Bonchev–Trinajstić information content (AvgIpc) is 2.61. The first-order valence-electron chi connectivity index (χ1n) is 7.45. The summed E-state index contributed by atoms with van der Waals surface area (Å²) in [5.41, 5.74) is 4.64. The number of halogens is 1. The van der Waals surface area contributed by atoms with Crippen LogP contribution in [0, 0.1) is 0 Å². The van der Waals surface area contributed by atoms with Gasteiger partial charge in [-0.25, -0.2) is 0 Å². The zero-order valence-electron chi connectivity index (χ0n) is 12.7. The van der Waals surface area contributed by atoms with E-state index in [2.05, 4.69) is 58.9 Å². The van der Waals surface area contributed by atoms with E-state index in [1.54, 1.807) is 0 Å². The van der Waals surface area contributed by atoms with Crippen LogP contribution in [-0.2, 0) is 6.61 Å². The van der Waals surface area contributed by atoms with Gasteiger partial charge in [-0.1, -0.05) is 77.1 Å². The average molecular weight is 365 g/mol. The lowest BCUT2D eigenvalue weighted by atomic mass is 10.1. The Bertz CT molecular complexity index is 772. The lowest BCUT2D eigenvalue weighted by Crippen LogP contribution is -1.95. The second-order valence-electron chi connectivity index (χ2n) is 5.27. The van der Waals surface area contributed by atoms with Gasteiger partial charge < -0.3 is 4.74 Å². The summed E-state index contributed by atoms with van der Waals surface area (Å²) < 4.78 is 6.93. The first-order chi connectivity index (χ1) is 11.2. The van der Waals surface area contributed by atoms with Crippen molar-refractivity contribution < 1.29 is 4.74 Å². The van der Waals surface area contributed by atoms with Crippen molar-refractivity contribution in [3.63, 3.8) is 0 Å². The molecule has 0 fully saturated rings. The van der Waals surface area contributed by atoms with E-state index < -0.39 is 0 Å². The number of hydrogen-bond donors (Lipinski definition) is 0. The second-order valence-corrected chi connectivity index (χ2v) is 6.18. The molecule has 0 saturated carbocycles. The molecule has 3 rings (SSSR count). The predicted octanol–water partition coefficient (Wildman–Crippen LogP) is 6.34. The van der Waals surface area contributed by atoms with Gasteiger partial charge in [0.1, 0.15) is 12.4 Å². The van der Waals surface area contributed by atoms with E-state index in [4.69, 9.17) is 4.74 Å². The maximum atomic E-state index is 5.84. The Kier molecular flexibility index (Phi) is 4.94. The van der Waals surface area contributed by atoms with Crippen molar-refractivity contribution in [1.82, 2.24) is 0 Å². The molecular weight excluding hydrogens is 348 g/mol. The van der Waals surface area contributed by atoms with Gasteiger partial charge in [0.25, 0.3) is 0 Å². The van der Waals surface area contributed by atoms with Crippen molar-refractivity contribution in [3.8, 4) is 16.9 Å². The molecule has 0 bridgehead atoms. The Morgan fingerprint density at radius 3 is 1.91 bits per heavy atom. The van der Waals surface area contributed by atoms with Crippen molar-refractivity contribution in [2.75, 3.05) is 0 Å². The van der Waals surface area contributed by atoms with Gasteiger partial charge in [-0.3, -0.25) is 0 Å². The van der Waals surface area contributed by atoms with Crippen LogP contribution in [0.4, 0.5) is 0 Å². The highest BCUT2D eigenvalue weighted by Crippen LogP contribution is 2.24. The minimum absolute atomic E-state index is 0.565. The molecule has 0 aliphatic rings. The monoisotopic (exact) mass is 364 g/mol. The molecule has 0 saturated heterocycles. The number of rotatable bonds is 5. The van der Waals surface area contributed by atoms with Gasteiger partial charge in [0, 0.05) is 4.47 Å². The van der Waals surface area contributed by atoms with E-state index in [0.717, 1.165) is 21.3 Å². The zero-order valence-corrected chi connectivity index (χ0v) is 14.3. The smallest absolute Gasteiger partial charge is 0.119 e. The summed E-state index contributed by atoms with van der Waals surface area (Å²) in [6.07, 6.45) is 1.84. The molecule has 0 aliphatic carbocycles. The van der Waals surface area contributed by atoms with Crippen molar-refractivity contribution >= 4 is 22.0 Å². The Morgan fingerprint density at radius 1 is 0.783 bits per heavy atom. The van der Waals surface area contributed by atoms with Gasteiger partial charge in [-0.05, 0) is 46.5 Å². The molecule has 0 heterocycles. The second kappa shape index (κ2) is 7.30. The van der Waals surface area contributed by atoms with Crippen LogP contribution in [-0.4, -0.2) is 0 Å². The summed E-state index contributed by atoms with van der Waals surface area (Å²) in [4.78, 5) is 0. The number of hydrogen-bond acceptors (Lipinski definition) is 1. The molecule has 0 radical (unpaired) electrons. The summed E-state index contributed by atoms with van der Waals surface area (Å²) in [6, 6.07) is 24.7. The van der Waals surface area contributed by atoms with Crippen LogP contribution in [0.5, 0.6) is 5.75 Å². The van der Waals surface area contributed by atoms with Crippen LogP contribution in [0.1, 0.15) is 11.1 Å². The third-order valence-electron chi connectivity index (χ3n) is 3.65. The first-order valence-corrected chi connectivity index (χ1v) is 8.24. The highest BCUT2D eigenvalue weighted by molar-refractivity contribution is 9.10. The Balaban J connectivity index is 1.65. The fourth-order valence-electron chi connectivity index (χ4n) is 2.30. The molecule has 114 valence electrons. The van der Waals surface area contributed by atoms with Crippen LogP contribution in [0.15, 0.2) is 83.8 Å². The van der Waals surface area contributed by atoms with Crippen molar-refractivity contribution in [2.45, 2.75) is 6.61 Å². The van der Waals surface area contributed by atoms with E-state index in [1.165, 1.54) is 11.1 Å². The molecule has 1 nitrogen and oxygen atoms in total. The third kappa shape index (κ3) is 4.11. The Hall–Kier alpha value is -2.32. The summed E-state index contributed by atoms with van der Waals surface area (Å²) >= 11 is 3.46. The Morgan fingerprint density at radius 2 is 1.35 bits per heavy atom. The summed E-state index contributed by atoms with van der Waals surface area (Å²) in [5, 5.41) is 0. The fourth-order valence-corrected chi connectivity index (χ4v) is 2.57. The maximum absolute atomic E-state index is 5.84. The van der Waals surface area contributed by atoms with Crippen molar-refractivity contribution in [3.05, 3.63) is 95.0 Å². The van der Waals surface area contributed by atoms with Gasteiger partial charge in [0.2, 0.25) is 0 Å². The normalized spacial score (nSPS) is 10.3. The van der Waals surface area contributed by atoms with E-state index in [0.29, 0.717) is 6.61 Å². The van der Waals surface area contributed by atoms with Crippen LogP contribution >= 0.6 is 15.9 Å². The van der Waals surface area contributed by atoms with Gasteiger partial charge in [0.05, 0.1) is 0 Å². The molecule has 0 atom stereocenters. The van der Waals surface area contributed by atoms with E-state index in [-0.39, 0.29) is 0 Å². The van der Waals surface area contributed by atoms with Crippen LogP contribution in [0.2, 0.25) is 0 Å². The molecule has 23 heavy (non-hydrogen) atoms. The number of ether oxygens (including phenoxy) is 1. The molecule has 0 aliphatic heterocycles.